The van der Waals surface area contributed by atoms with Gasteiger partial charge < -0.3 is 9.80 Å². The molecule has 0 bridgehead atoms. The van der Waals surface area contributed by atoms with Gasteiger partial charge in [-0.05, 0) is 55.0 Å². The van der Waals surface area contributed by atoms with E-state index in [1.54, 1.807) is 35.4 Å². The zero-order chi connectivity index (χ0) is 20.5. The molecular weight excluding hydrogens is 394 g/mol. The lowest BCUT2D eigenvalue weighted by Gasteiger charge is -2.25. The molecule has 0 N–H and O–H groups in total. The van der Waals surface area contributed by atoms with E-state index in [-0.39, 0.29) is 10.8 Å². The molecule has 0 atom stereocenters. The van der Waals surface area contributed by atoms with Gasteiger partial charge in [0, 0.05) is 44.8 Å². The third kappa shape index (κ3) is 4.09. The summed E-state index contributed by atoms with van der Waals surface area (Å²) in [4.78, 5) is 18.4. The molecule has 0 radical (unpaired) electrons. The average molecular weight is 422 g/mol. The Morgan fingerprint density at radius 2 is 1.82 bits per heavy atom. The zero-order valence-electron chi connectivity index (χ0n) is 16.8. The topological polar surface area (TPSA) is 60.9 Å². The van der Waals surface area contributed by atoms with Gasteiger partial charge in [-0.25, -0.2) is 12.7 Å². The molecule has 1 aliphatic rings. The van der Waals surface area contributed by atoms with Gasteiger partial charge in [0.25, 0.3) is 5.91 Å². The lowest BCUT2D eigenvalue weighted by molar-refractivity contribution is 0.0786. The Morgan fingerprint density at radius 3 is 2.39 bits per heavy atom. The van der Waals surface area contributed by atoms with Crippen molar-refractivity contribution in [3.63, 3.8) is 0 Å². The normalized spacial score (nSPS) is 14.7. The first-order chi connectivity index (χ1) is 13.2. The van der Waals surface area contributed by atoms with E-state index in [1.807, 2.05) is 18.4 Å². The Labute approximate surface area is 171 Å². The van der Waals surface area contributed by atoms with Crippen LogP contribution in [0.15, 0.2) is 34.5 Å². The molecule has 152 valence electrons. The number of hydrogen-bond donors (Lipinski definition) is 0. The van der Waals surface area contributed by atoms with Crippen molar-refractivity contribution in [1.29, 1.82) is 0 Å². The van der Waals surface area contributed by atoms with Crippen molar-refractivity contribution in [1.82, 2.24) is 9.21 Å². The Bertz CT molecular complexity index is 961. The Morgan fingerprint density at radius 1 is 1.14 bits per heavy atom. The third-order valence-electron chi connectivity index (χ3n) is 5.12. The number of amides is 1. The highest BCUT2D eigenvalue weighted by Crippen LogP contribution is 2.29. The fraction of sp³-hybridized carbons (Fsp3) is 0.450. The predicted octanol–water partition coefficient (Wildman–Crippen LogP) is 3.18. The quantitative estimate of drug-likeness (QED) is 0.719. The largest absolute Gasteiger partial charge is 0.371 e. The summed E-state index contributed by atoms with van der Waals surface area (Å²) in [6, 6.07) is 6.95. The van der Waals surface area contributed by atoms with Crippen LogP contribution in [0.2, 0.25) is 0 Å². The van der Waals surface area contributed by atoms with E-state index in [2.05, 4.69) is 4.90 Å². The molecule has 1 amide bonds. The Kier molecular flexibility index (Phi) is 6.12. The number of rotatable bonds is 6. The third-order valence-corrected chi connectivity index (χ3v) is 7.94. The molecule has 28 heavy (non-hydrogen) atoms. The summed E-state index contributed by atoms with van der Waals surface area (Å²) in [5.74, 6) is -0.162. The van der Waals surface area contributed by atoms with Crippen LogP contribution >= 0.6 is 11.3 Å². The number of sulfonamides is 1. The number of carbonyl (C=O) groups excluding carboxylic acids is 1. The Hall–Kier alpha value is -1.90. The summed E-state index contributed by atoms with van der Waals surface area (Å²) in [6.07, 6.45) is 2.16. The Balaban J connectivity index is 1.99. The molecule has 3 rings (SSSR count). The predicted molar refractivity (Wildman–Crippen MR) is 114 cm³/mol. The first-order valence-corrected chi connectivity index (χ1v) is 11.6. The van der Waals surface area contributed by atoms with Gasteiger partial charge in [0.2, 0.25) is 10.0 Å². The van der Waals surface area contributed by atoms with Crippen molar-refractivity contribution in [3.05, 3.63) is 45.6 Å². The highest BCUT2D eigenvalue weighted by molar-refractivity contribution is 7.89. The molecule has 1 aliphatic heterocycles. The minimum absolute atomic E-state index is 0.143. The highest BCUT2D eigenvalue weighted by Gasteiger charge is 2.26. The summed E-state index contributed by atoms with van der Waals surface area (Å²) in [6.45, 7) is 4.30. The fourth-order valence-electron chi connectivity index (χ4n) is 3.35. The van der Waals surface area contributed by atoms with E-state index >= 15 is 0 Å². The lowest BCUT2D eigenvalue weighted by atomic mass is 10.1. The van der Waals surface area contributed by atoms with Crippen LogP contribution in [0.25, 0.3) is 0 Å². The maximum atomic E-state index is 13.3. The van der Waals surface area contributed by atoms with E-state index in [4.69, 9.17) is 0 Å². The van der Waals surface area contributed by atoms with Crippen molar-refractivity contribution in [2.45, 2.75) is 31.2 Å². The van der Waals surface area contributed by atoms with Crippen LogP contribution in [0.3, 0.4) is 0 Å². The van der Waals surface area contributed by atoms with Crippen molar-refractivity contribution in [2.75, 3.05) is 39.1 Å². The van der Waals surface area contributed by atoms with Gasteiger partial charge in [-0.15, -0.1) is 11.3 Å². The van der Waals surface area contributed by atoms with Crippen molar-refractivity contribution in [3.8, 4) is 0 Å². The van der Waals surface area contributed by atoms with Gasteiger partial charge in [-0.1, -0.05) is 0 Å². The molecule has 6 nitrogen and oxygen atoms in total. The molecule has 1 aromatic heterocycles. The van der Waals surface area contributed by atoms with Crippen LogP contribution < -0.4 is 4.90 Å². The van der Waals surface area contributed by atoms with Crippen LogP contribution in [0, 0.1) is 6.92 Å². The van der Waals surface area contributed by atoms with Crippen LogP contribution in [0.4, 0.5) is 5.69 Å². The maximum absolute atomic E-state index is 13.3. The number of aryl methyl sites for hydroxylation is 1. The van der Waals surface area contributed by atoms with E-state index in [0.29, 0.717) is 12.1 Å². The highest BCUT2D eigenvalue weighted by atomic mass is 32.2. The lowest BCUT2D eigenvalue weighted by Crippen LogP contribution is -2.30. The molecule has 2 heterocycles. The molecule has 8 heteroatoms. The minimum atomic E-state index is -3.61. The minimum Gasteiger partial charge on any atom is -0.371 e. The smallest absolute Gasteiger partial charge is 0.256 e. The van der Waals surface area contributed by atoms with Gasteiger partial charge in [-0.3, -0.25) is 4.79 Å². The maximum Gasteiger partial charge on any atom is 0.256 e. The van der Waals surface area contributed by atoms with Crippen molar-refractivity contribution in [2.24, 2.45) is 0 Å². The number of hydrogen-bond acceptors (Lipinski definition) is 5. The second-order valence-electron chi connectivity index (χ2n) is 7.35. The molecular formula is C20H27N3O3S2. The van der Waals surface area contributed by atoms with Gasteiger partial charge in [0.15, 0.2) is 0 Å². The fourth-order valence-corrected chi connectivity index (χ4v) is 5.24. The number of carbonyl (C=O) groups is 1. The summed E-state index contributed by atoms with van der Waals surface area (Å²) < 4.78 is 26.4. The molecule has 0 spiro atoms. The van der Waals surface area contributed by atoms with E-state index < -0.39 is 10.0 Å². The second kappa shape index (κ2) is 8.23. The van der Waals surface area contributed by atoms with Crippen molar-refractivity contribution < 1.29 is 13.2 Å². The van der Waals surface area contributed by atoms with Gasteiger partial charge in [-0.2, -0.15) is 0 Å². The van der Waals surface area contributed by atoms with Crippen LogP contribution in [-0.2, 0) is 16.6 Å². The van der Waals surface area contributed by atoms with Crippen molar-refractivity contribution >= 4 is 33.0 Å². The first kappa shape index (κ1) is 20.8. The SMILES string of the molecule is Cc1ccsc1CN(C)C(=O)c1cc(S(=O)(=O)N(C)C)ccc1N1CCCC1. The number of thiophene rings is 1. The van der Waals surface area contributed by atoms with Gasteiger partial charge in [0.1, 0.15) is 0 Å². The summed E-state index contributed by atoms with van der Waals surface area (Å²) in [5.41, 5.74) is 2.42. The summed E-state index contributed by atoms with van der Waals surface area (Å²) >= 11 is 1.62. The molecule has 0 aliphatic carbocycles. The van der Waals surface area contributed by atoms with E-state index in [0.717, 1.165) is 42.1 Å². The number of anilines is 1. The molecule has 1 saturated heterocycles. The summed E-state index contributed by atoms with van der Waals surface area (Å²) in [7, 11) is 1.15. The molecule has 0 unspecified atom stereocenters. The molecule has 1 fully saturated rings. The van der Waals surface area contributed by atoms with E-state index in [1.165, 1.54) is 24.5 Å². The first-order valence-electron chi connectivity index (χ1n) is 9.32. The van der Waals surface area contributed by atoms with E-state index in [9.17, 15) is 13.2 Å². The number of nitrogens with zero attached hydrogens (tertiary/aromatic N) is 3. The summed E-state index contributed by atoms with van der Waals surface area (Å²) in [5, 5.41) is 2.02. The van der Waals surface area contributed by atoms with Crippen LogP contribution in [-0.4, -0.2) is 57.8 Å². The molecule has 1 aromatic carbocycles. The van der Waals surface area contributed by atoms with Gasteiger partial charge >= 0.3 is 0 Å². The monoisotopic (exact) mass is 421 g/mol. The number of benzene rings is 1. The van der Waals surface area contributed by atoms with Crippen LogP contribution in [0.1, 0.15) is 33.6 Å². The standard InChI is InChI=1S/C20H27N3O3S2/c1-15-9-12-27-19(15)14-22(4)20(24)17-13-16(28(25,26)21(2)3)7-8-18(17)23-10-5-6-11-23/h7-9,12-13H,5-6,10-11,14H2,1-4H3. The van der Waals surface area contributed by atoms with Crippen LogP contribution in [0.5, 0.6) is 0 Å². The molecule has 2 aromatic rings. The van der Waals surface area contributed by atoms with Gasteiger partial charge in [0.05, 0.1) is 17.0 Å². The average Bonchev–Trinajstić information content (AvgIpc) is 3.33. The zero-order valence-corrected chi connectivity index (χ0v) is 18.4. The second-order valence-corrected chi connectivity index (χ2v) is 10.5. The molecule has 0 saturated carbocycles.